The maximum absolute atomic E-state index is 12.6. The first kappa shape index (κ1) is 24.3. The molecule has 1 amide bonds. The van der Waals surface area contributed by atoms with Crippen LogP contribution in [0, 0.1) is 6.92 Å². The number of para-hydroxylation sites is 1. The van der Waals surface area contributed by atoms with Crippen molar-refractivity contribution in [1.29, 1.82) is 0 Å². The first-order chi connectivity index (χ1) is 18.6. The summed E-state index contributed by atoms with van der Waals surface area (Å²) in [6.45, 7) is 2.71. The summed E-state index contributed by atoms with van der Waals surface area (Å²) in [5, 5.41) is 22.1. The molecule has 1 N–H and O–H groups in total. The number of benzene rings is 3. The fourth-order valence-electron chi connectivity index (χ4n) is 4.21. The maximum atomic E-state index is 12.6. The largest absolute Gasteiger partial charge is 0.319 e. The standard InChI is InChI=1S/C28H23N7OS2/c1-18-11-13-20(14-12-18)22-16-37-27(33-31-22)29-24(36)17-38-28-30-26-25(32-34-28)21-9-5-6-10-23(21)35(26)15-19-7-3-2-4-8-19/h2-14H,15-17H2,1H3,(H,29,33,36). The number of thioether (sulfide) groups is 2. The van der Waals surface area contributed by atoms with Crippen molar-refractivity contribution in [3.8, 4) is 0 Å². The van der Waals surface area contributed by atoms with Crippen molar-refractivity contribution in [2.45, 2.75) is 18.6 Å². The van der Waals surface area contributed by atoms with Gasteiger partial charge in [-0.05, 0) is 24.1 Å². The van der Waals surface area contributed by atoms with Crippen molar-refractivity contribution in [3.05, 3.63) is 95.6 Å². The number of amidine groups is 1. The summed E-state index contributed by atoms with van der Waals surface area (Å²) >= 11 is 2.70. The molecular formula is C28H23N7OS2. The summed E-state index contributed by atoms with van der Waals surface area (Å²) in [5.74, 6) is 0.592. The highest BCUT2D eigenvalue weighted by Crippen LogP contribution is 2.28. The lowest BCUT2D eigenvalue weighted by atomic mass is 10.1. The number of aryl methyl sites for hydroxylation is 1. The Hall–Kier alpha value is -4.02. The molecule has 0 fully saturated rings. The second-order valence-electron chi connectivity index (χ2n) is 8.80. The van der Waals surface area contributed by atoms with E-state index in [1.54, 1.807) is 0 Å². The Labute approximate surface area is 227 Å². The molecule has 0 radical (unpaired) electrons. The molecule has 188 valence electrons. The Bertz CT molecular complexity index is 1700. The lowest BCUT2D eigenvalue weighted by Gasteiger charge is -2.12. The molecule has 10 heteroatoms. The van der Waals surface area contributed by atoms with Crippen LogP contribution in [0.15, 0.2) is 94.2 Å². The molecule has 1 aliphatic rings. The van der Waals surface area contributed by atoms with Gasteiger partial charge in [-0.15, -0.1) is 15.3 Å². The van der Waals surface area contributed by atoms with Crippen molar-refractivity contribution in [2.75, 3.05) is 11.5 Å². The van der Waals surface area contributed by atoms with E-state index in [1.807, 2.05) is 48.5 Å². The van der Waals surface area contributed by atoms with Gasteiger partial charge in [0.15, 0.2) is 10.8 Å². The van der Waals surface area contributed by atoms with Crippen LogP contribution in [0.4, 0.5) is 0 Å². The number of fused-ring (bicyclic) bond motifs is 3. The lowest BCUT2D eigenvalue weighted by molar-refractivity contribution is -0.117. The van der Waals surface area contributed by atoms with E-state index in [1.165, 1.54) is 34.7 Å². The second kappa shape index (κ2) is 10.8. The number of carbonyl (C=O) groups is 1. The molecule has 0 aliphatic carbocycles. The van der Waals surface area contributed by atoms with Crippen molar-refractivity contribution >= 4 is 62.4 Å². The highest BCUT2D eigenvalue weighted by atomic mass is 32.2. The van der Waals surface area contributed by atoms with E-state index in [-0.39, 0.29) is 11.7 Å². The van der Waals surface area contributed by atoms with Gasteiger partial charge in [0, 0.05) is 17.7 Å². The Morgan fingerprint density at radius 1 is 0.974 bits per heavy atom. The molecule has 1 aliphatic heterocycles. The molecule has 8 nitrogen and oxygen atoms in total. The summed E-state index contributed by atoms with van der Waals surface area (Å²) in [4.78, 5) is 17.4. The summed E-state index contributed by atoms with van der Waals surface area (Å²) in [6, 6.07) is 26.5. The Morgan fingerprint density at radius 3 is 2.55 bits per heavy atom. The molecule has 3 aromatic carbocycles. The van der Waals surface area contributed by atoms with Crippen LogP contribution >= 0.6 is 23.5 Å². The van der Waals surface area contributed by atoms with E-state index in [0.29, 0.717) is 22.6 Å². The van der Waals surface area contributed by atoms with Gasteiger partial charge in [-0.3, -0.25) is 4.79 Å². The molecule has 0 saturated heterocycles. The third kappa shape index (κ3) is 5.18. The quantitative estimate of drug-likeness (QED) is 0.305. The average Bonchev–Trinajstić information content (AvgIpc) is 3.26. The predicted molar refractivity (Wildman–Crippen MR) is 155 cm³/mol. The van der Waals surface area contributed by atoms with Gasteiger partial charge in [0.25, 0.3) is 0 Å². The number of hydrogen-bond acceptors (Lipinski definition) is 8. The monoisotopic (exact) mass is 537 g/mol. The van der Waals surface area contributed by atoms with Gasteiger partial charge < -0.3 is 9.88 Å². The summed E-state index contributed by atoms with van der Waals surface area (Å²) in [5.41, 5.74) is 6.84. The second-order valence-corrected chi connectivity index (χ2v) is 10.7. The average molecular weight is 538 g/mol. The summed E-state index contributed by atoms with van der Waals surface area (Å²) < 4.78 is 2.15. The molecule has 0 atom stereocenters. The number of nitrogens with one attached hydrogen (secondary N) is 1. The van der Waals surface area contributed by atoms with Gasteiger partial charge in [-0.1, -0.05) is 102 Å². The minimum absolute atomic E-state index is 0.139. The van der Waals surface area contributed by atoms with Crippen molar-refractivity contribution in [2.24, 2.45) is 10.2 Å². The van der Waals surface area contributed by atoms with Crippen LogP contribution in [0.1, 0.15) is 16.7 Å². The van der Waals surface area contributed by atoms with E-state index in [0.717, 1.165) is 33.3 Å². The molecule has 0 saturated carbocycles. The minimum Gasteiger partial charge on any atom is -0.319 e. The number of rotatable bonds is 6. The number of aromatic nitrogens is 4. The smallest absolute Gasteiger partial charge is 0.236 e. The summed E-state index contributed by atoms with van der Waals surface area (Å²) in [6.07, 6.45) is 0. The van der Waals surface area contributed by atoms with Gasteiger partial charge in [-0.25, -0.2) is 4.98 Å². The van der Waals surface area contributed by atoms with Gasteiger partial charge in [0.1, 0.15) is 5.52 Å². The number of nitrogens with zero attached hydrogens (tertiary/aromatic N) is 6. The Balaban J connectivity index is 1.16. The lowest BCUT2D eigenvalue weighted by Crippen LogP contribution is -2.31. The minimum atomic E-state index is -0.191. The van der Waals surface area contributed by atoms with Crippen molar-refractivity contribution < 1.29 is 4.79 Å². The van der Waals surface area contributed by atoms with E-state index in [2.05, 4.69) is 67.5 Å². The molecular weight excluding hydrogens is 514 g/mol. The number of amides is 1. The first-order valence-corrected chi connectivity index (χ1v) is 14.0. The third-order valence-corrected chi connectivity index (χ3v) is 7.82. The Morgan fingerprint density at radius 2 is 1.76 bits per heavy atom. The molecule has 2 aromatic heterocycles. The van der Waals surface area contributed by atoms with Crippen molar-refractivity contribution in [3.63, 3.8) is 0 Å². The molecule has 6 rings (SSSR count). The van der Waals surface area contributed by atoms with E-state index < -0.39 is 0 Å². The zero-order valence-corrected chi connectivity index (χ0v) is 22.2. The zero-order chi connectivity index (χ0) is 25.9. The van der Waals surface area contributed by atoms with Crippen LogP contribution < -0.4 is 5.32 Å². The highest BCUT2D eigenvalue weighted by molar-refractivity contribution is 8.14. The first-order valence-electron chi connectivity index (χ1n) is 12.1. The van der Waals surface area contributed by atoms with Crippen LogP contribution in [0.3, 0.4) is 0 Å². The van der Waals surface area contributed by atoms with E-state index >= 15 is 0 Å². The van der Waals surface area contributed by atoms with E-state index in [9.17, 15) is 4.79 Å². The van der Waals surface area contributed by atoms with Gasteiger partial charge in [0.2, 0.25) is 11.1 Å². The summed E-state index contributed by atoms with van der Waals surface area (Å²) in [7, 11) is 0. The Kier molecular flexibility index (Phi) is 6.89. The van der Waals surface area contributed by atoms with Crippen LogP contribution in [-0.2, 0) is 11.3 Å². The molecule has 3 heterocycles. The van der Waals surface area contributed by atoms with Gasteiger partial charge >= 0.3 is 0 Å². The van der Waals surface area contributed by atoms with Crippen LogP contribution in [-0.4, -0.2) is 48.0 Å². The molecule has 38 heavy (non-hydrogen) atoms. The van der Waals surface area contributed by atoms with Crippen molar-refractivity contribution in [1.82, 2.24) is 25.1 Å². The molecule has 0 unspecified atom stereocenters. The molecule has 5 aromatic rings. The maximum Gasteiger partial charge on any atom is 0.236 e. The predicted octanol–water partition coefficient (Wildman–Crippen LogP) is 5.05. The van der Waals surface area contributed by atoms with Crippen LogP contribution in [0.25, 0.3) is 22.1 Å². The third-order valence-electron chi connectivity index (χ3n) is 6.11. The SMILES string of the molecule is Cc1ccc(C2=NN=C(NC(=O)CSc3nnc4c5ccccc5n(Cc5ccccc5)c4n3)SC2)cc1. The fraction of sp³-hybridized carbons (Fsp3) is 0.143. The van der Waals surface area contributed by atoms with Crippen LogP contribution in [0.5, 0.6) is 0 Å². The molecule has 0 spiro atoms. The number of carbonyl (C=O) groups excluding carboxylic acids is 1. The molecule has 0 bridgehead atoms. The zero-order valence-electron chi connectivity index (χ0n) is 20.5. The fourth-order valence-corrected chi connectivity index (χ4v) is 5.57. The topological polar surface area (TPSA) is 97.4 Å². The highest BCUT2D eigenvalue weighted by Gasteiger charge is 2.18. The van der Waals surface area contributed by atoms with Crippen LogP contribution in [0.2, 0.25) is 0 Å². The number of hydrogen-bond donors (Lipinski definition) is 1. The van der Waals surface area contributed by atoms with Gasteiger partial charge in [-0.2, -0.15) is 5.10 Å². The van der Waals surface area contributed by atoms with Gasteiger partial charge in [0.05, 0.1) is 17.0 Å². The normalized spacial score (nSPS) is 13.4. The van der Waals surface area contributed by atoms with E-state index in [4.69, 9.17) is 4.98 Å².